The Morgan fingerprint density at radius 1 is 0.812 bits per heavy atom. The standard InChI is InChI=1S/C26H25N3O3/c1-19(2)28-25(31)27(21-14-8-4-9-15-21)24(30)26(28)18-23(20-12-6-3-7-13-20)29(32-26)22-16-10-5-11-17-22/h3-17,19,23H,18H2,1-2H3. The van der Waals surface area contributed by atoms with Crippen molar-refractivity contribution in [2.24, 2.45) is 0 Å². The minimum Gasteiger partial charge on any atom is -0.283 e. The Labute approximate surface area is 187 Å². The first-order valence-corrected chi connectivity index (χ1v) is 10.8. The first-order chi connectivity index (χ1) is 15.5. The summed E-state index contributed by atoms with van der Waals surface area (Å²) >= 11 is 0. The molecule has 0 aliphatic carbocycles. The Balaban J connectivity index is 1.63. The molecule has 6 heteroatoms. The Kier molecular flexibility index (Phi) is 4.94. The summed E-state index contributed by atoms with van der Waals surface area (Å²) < 4.78 is 0. The third kappa shape index (κ3) is 3.07. The lowest BCUT2D eigenvalue weighted by molar-refractivity contribution is -0.154. The van der Waals surface area contributed by atoms with Crippen molar-refractivity contribution in [3.05, 3.63) is 96.6 Å². The fourth-order valence-electron chi connectivity index (χ4n) is 4.68. The van der Waals surface area contributed by atoms with Crippen molar-refractivity contribution in [3.63, 3.8) is 0 Å². The van der Waals surface area contributed by atoms with Gasteiger partial charge in [-0.25, -0.2) is 19.6 Å². The molecule has 3 aromatic rings. The fraction of sp³-hybridized carbons (Fsp3) is 0.231. The van der Waals surface area contributed by atoms with Crippen LogP contribution < -0.4 is 9.96 Å². The summed E-state index contributed by atoms with van der Waals surface area (Å²) in [6, 6.07) is 27.9. The number of amides is 3. The molecule has 3 aromatic carbocycles. The number of hydroxylamine groups is 1. The van der Waals surface area contributed by atoms with Crippen LogP contribution in [0.3, 0.4) is 0 Å². The van der Waals surface area contributed by atoms with Crippen LogP contribution in [0.4, 0.5) is 16.2 Å². The molecule has 0 radical (unpaired) electrons. The van der Waals surface area contributed by atoms with E-state index in [1.807, 2.05) is 92.7 Å². The predicted molar refractivity (Wildman–Crippen MR) is 123 cm³/mol. The van der Waals surface area contributed by atoms with E-state index in [0.717, 1.165) is 11.3 Å². The largest absolute Gasteiger partial charge is 0.334 e. The zero-order valence-corrected chi connectivity index (χ0v) is 18.1. The van der Waals surface area contributed by atoms with E-state index in [4.69, 9.17) is 4.84 Å². The van der Waals surface area contributed by atoms with Gasteiger partial charge in [-0.2, -0.15) is 0 Å². The molecule has 5 rings (SSSR count). The summed E-state index contributed by atoms with van der Waals surface area (Å²) in [5.74, 6) is -0.359. The number of imide groups is 1. The van der Waals surface area contributed by atoms with E-state index < -0.39 is 5.72 Å². The fourth-order valence-corrected chi connectivity index (χ4v) is 4.68. The van der Waals surface area contributed by atoms with Crippen LogP contribution >= 0.6 is 0 Å². The van der Waals surface area contributed by atoms with E-state index >= 15 is 0 Å². The van der Waals surface area contributed by atoms with Crippen LogP contribution in [0.2, 0.25) is 0 Å². The number of carbonyl (C=O) groups excluding carboxylic acids is 2. The first kappa shape index (κ1) is 20.3. The predicted octanol–water partition coefficient (Wildman–Crippen LogP) is 5.14. The van der Waals surface area contributed by atoms with Gasteiger partial charge in [0.15, 0.2) is 0 Å². The number of para-hydroxylation sites is 2. The second-order valence-electron chi connectivity index (χ2n) is 8.39. The molecule has 2 atom stereocenters. The number of urea groups is 1. The number of anilines is 2. The Morgan fingerprint density at radius 2 is 1.34 bits per heavy atom. The minimum absolute atomic E-state index is 0.229. The number of hydrogen-bond donors (Lipinski definition) is 0. The molecular weight excluding hydrogens is 402 g/mol. The highest BCUT2D eigenvalue weighted by atomic mass is 16.7. The minimum atomic E-state index is -1.42. The molecule has 32 heavy (non-hydrogen) atoms. The molecular formula is C26H25N3O3. The lowest BCUT2D eigenvalue weighted by Gasteiger charge is -2.33. The maximum atomic E-state index is 13.9. The average Bonchev–Trinajstić information content (AvgIpc) is 3.31. The molecule has 0 aromatic heterocycles. The average molecular weight is 428 g/mol. The van der Waals surface area contributed by atoms with Gasteiger partial charge in [0.25, 0.3) is 11.6 Å². The molecule has 0 bridgehead atoms. The van der Waals surface area contributed by atoms with Crippen molar-refractivity contribution in [1.82, 2.24) is 4.90 Å². The number of benzene rings is 3. The summed E-state index contributed by atoms with van der Waals surface area (Å²) in [4.78, 5) is 36.8. The molecule has 2 unspecified atom stereocenters. The van der Waals surface area contributed by atoms with E-state index in [9.17, 15) is 9.59 Å². The highest BCUT2D eigenvalue weighted by Gasteiger charge is 2.66. The van der Waals surface area contributed by atoms with Gasteiger partial charge < -0.3 is 0 Å². The van der Waals surface area contributed by atoms with E-state index in [-0.39, 0.29) is 24.0 Å². The monoisotopic (exact) mass is 427 g/mol. The molecule has 162 valence electrons. The quantitative estimate of drug-likeness (QED) is 0.541. The van der Waals surface area contributed by atoms with Crippen LogP contribution in [-0.4, -0.2) is 28.6 Å². The Morgan fingerprint density at radius 3 is 1.91 bits per heavy atom. The van der Waals surface area contributed by atoms with Crippen molar-refractivity contribution >= 4 is 23.3 Å². The van der Waals surface area contributed by atoms with Crippen molar-refractivity contribution in [3.8, 4) is 0 Å². The van der Waals surface area contributed by atoms with Crippen molar-refractivity contribution in [2.45, 2.75) is 38.1 Å². The van der Waals surface area contributed by atoms with Crippen LogP contribution in [0, 0.1) is 0 Å². The van der Waals surface area contributed by atoms with Crippen LogP contribution in [0.25, 0.3) is 0 Å². The van der Waals surface area contributed by atoms with Crippen LogP contribution in [0.1, 0.15) is 31.9 Å². The van der Waals surface area contributed by atoms with Crippen molar-refractivity contribution < 1.29 is 14.4 Å². The van der Waals surface area contributed by atoms with Gasteiger partial charge in [0.1, 0.15) is 0 Å². The number of rotatable bonds is 4. The van der Waals surface area contributed by atoms with Crippen LogP contribution in [-0.2, 0) is 9.63 Å². The van der Waals surface area contributed by atoms with Gasteiger partial charge in [0.05, 0.1) is 17.4 Å². The highest BCUT2D eigenvalue weighted by Crippen LogP contribution is 2.49. The molecule has 2 aliphatic rings. The Bertz CT molecular complexity index is 1070. The lowest BCUT2D eigenvalue weighted by atomic mass is 9.96. The summed E-state index contributed by atoms with van der Waals surface area (Å²) in [5.41, 5.74) is 0.982. The smallest absolute Gasteiger partial charge is 0.283 e. The molecule has 2 fully saturated rings. The second-order valence-corrected chi connectivity index (χ2v) is 8.39. The van der Waals surface area contributed by atoms with Crippen LogP contribution in [0.5, 0.6) is 0 Å². The van der Waals surface area contributed by atoms with Gasteiger partial charge in [-0.05, 0) is 43.7 Å². The van der Waals surface area contributed by atoms with Crippen molar-refractivity contribution in [1.29, 1.82) is 0 Å². The second kappa shape index (κ2) is 7.80. The maximum Gasteiger partial charge on any atom is 0.334 e. The summed E-state index contributed by atoms with van der Waals surface area (Å²) in [5, 5.41) is 1.78. The molecule has 2 heterocycles. The summed E-state index contributed by atoms with van der Waals surface area (Å²) in [7, 11) is 0. The zero-order valence-electron chi connectivity index (χ0n) is 18.1. The van der Waals surface area contributed by atoms with Gasteiger partial charge in [-0.1, -0.05) is 66.7 Å². The first-order valence-electron chi connectivity index (χ1n) is 10.8. The third-order valence-electron chi connectivity index (χ3n) is 6.05. The highest BCUT2D eigenvalue weighted by molar-refractivity contribution is 6.23. The molecule has 0 N–H and O–H groups in total. The number of hydrogen-bond acceptors (Lipinski definition) is 4. The van der Waals surface area contributed by atoms with Crippen molar-refractivity contribution in [2.75, 3.05) is 9.96 Å². The van der Waals surface area contributed by atoms with E-state index in [2.05, 4.69) is 0 Å². The van der Waals surface area contributed by atoms with Gasteiger partial charge >= 0.3 is 6.03 Å². The lowest BCUT2D eigenvalue weighted by Crippen LogP contribution is -2.53. The van der Waals surface area contributed by atoms with Crippen LogP contribution in [0.15, 0.2) is 91.0 Å². The molecule has 6 nitrogen and oxygen atoms in total. The molecule has 0 saturated carbocycles. The van der Waals surface area contributed by atoms with Gasteiger partial charge in [-0.3, -0.25) is 9.69 Å². The summed E-state index contributed by atoms with van der Waals surface area (Å²) in [6.45, 7) is 3.82. The molecule has 2 saturated heterocycles. The van der Waals surface area contributed by atoms with E-state index in [1.54, 1.807) is 22.1 Å². The molecule has 2 aliphatic heterocycles. The third-order valence-corrected chi connectivity index (χ3v) is 6.05. The zero-order chi connectivity index (χ0) is 22.3. The van der Waals surface area contributed by atoms with E-state index in [0.29, 0.717) is 12.1 Å². The topological polar surface area (TPSA) is 53.1 Å². The normalized spacial score (nSPS) is 23.1. The number of nitrogens with zero attached hydrogens (tertiary/aromatic N) is 3. The molecule has 3 amide bonds. The van der Waals surface area contributed by atoms with Gasteiger partial charge in [0, 0.05) is 12.5 Å². The van der Waals surface area contributed by atoms with Gasteiger partial charge in [-0.15, -0.1) is 0 Å². The summed E-state index contributed by atoms with van der Waals surface area (Å²) in [6.07, 6.45) is 0.331. The van der Waals surface area contributed by atoms with Gasteiger partial charge in [0.2, 0.25) is 0 Å². The Hall–Kier alpha value is -3.64. The molecule has 1 spiro atoms. The van der Waals surface area contributed by atoms with E-state index in [1.165, 1.54) is 4.90 Å². The SMILES string of the molecule is CC(C)N1C(=O)N(c2ccccc2)C(=O)C12CC(c1ccccc1)N(c1ccccc1)O2. The maximum absolute atomic E-state index is 13.9. The number of carbonyl (C=O) groups is 2.